The third-order valence-electron chi connectivity index (χ3n) is 2.24. The standard InChI is InChI=1S/C13H18O2/c1-10(2)8-11-4-6-12(7-5-11)9-13(14)15-3/h4-7,10H,8-9H2,1-3H3. The lowest BCUT2D eigenvalue weighted by Gasteiger charge is -2.05. The molecule has 0 unspecified atom stereocenters. The van der Waals surface area contributed by atoms with Crippen molar-refractivity contribution in [3.63, 3.8) is 0 Å². The minimum atomic E-state index is -0.188. The molecule has 0 atom stereocenters. The lowest BCUT2D eigenvalue weighted by molar-refractivity contribution is -0.139. The Labute approximate surface area is 91.3 Å². The maximum atomic E-state index is 11.0. The van der Waals surface area contributed by atoms with E-state index < -0.39 is 0 Å². The van der Waals surface area contributed by atoms with E-state index in [1.807, 2.05) is 12.1 Å². The summed E-state index contributed by atoms with van der Waals surface area (Å²) in [5, 5.41) is 0. The molecule has 2 heteroatoms. The Morgan fingerprint density at radius 1 is 1.20 bits per heavy atom. The van der Waals surface area contributed by atoms with Gasteiger partial charge in [-0.05, 0) is 23.5 Å². The summed E-state index contributed by atoms with van der Waals surface area (Å²) in [6.07, 6.45) is 1.44. The Bertz CT molecular complexity index is 312. The molecule has 82 valence electrons. The topological polar surface area (TPSA) is 26.3 Å². The third kappa shape index (κ3) is 4.15. The average Bonchev–Trinajstić information content (AvgIpc) is 2.20. The number of rotatable bonds is 4. The molecule has 1 aromatic carbocycles. The number of benzene rings is 1. The van der Waals surface area contributed by atoms with Crippen LogP contribution in [0.5, 0.6) is 0 Å². The second-order valence-corrected chi connectivity index (χ2v) is 4.17. The van der Waals surface area contributed by atoms with Gasteiger partial charge in [0.1, 0.15) is 0 Å². The first-order valence-corrected chi connectivity index (χ1v) is 5.26. The van der Waals surface area contributed by atoms with Crippen LogP contribution in [0, 0.1) is 5.92 Å². The van der Waals surface area contributed by atoms with Crippen molar-refractivity contribution in [1.29, 1.82) is 0 Å². The number of esters is 1. The fourth-order valence-corrected chi connectivity index (χ4v) is 1.50. The fourth-order valence-electron chi connectivity index (χ4n) is 1.50. The summed E-state index contributed by atoms with van der Waals surface area (Å²) < 4.78 is 4.61. The first-order chi connectivity index (χ1) is 7.11. The molecule has 0 amide bonds. The zero-order valence-electron chi connectivity index (χ0n) is 9.62. The highest BCUT2D eigenvalue weighted by molar-refractivity contribution is 5.72. The molecule has 2 nitrogen and oxygen atoms in total. The normalized spacial score (nSPS) is 10.4. The van der Waals surface area contributed by atoms with Crippen molar-refractivity contribution in [3.8, 4) is 0 Å². The smallest absolute Gasteiger partial charge is 0.309 e. The average molecular weight is 206 g/mol. The minimum Gasteiger partial charge on any atom is -0.469 e. The van der Waals surface area contributed by atoms with Crippen molar-refractivity contribution in [2.75, 3.05) is 7.11 Å². The zero-order valence-corrected chi connectivity index (χ0v) is 9.62. The Morgan fingerprint density at radius 2 is 1.73 bits per heavy atom. The molecule has 0 radical (unpaired) electrons. The van der Waals surface area contributed by atoms with E-state index >= 15 is 0 Å². The summed E-state index contributed by atoms with van der Waals surface area (Å²) in [4.78, 5) is 11.0. The highest BCUT2D eigenvalue weighted by atomic mass is 16.5. The van der Waals surface area contributed by atoms with Crippen LogP contribution in [0.15, 0.2) is 24.3 Å². The van der Waals surface area contributed by atoms with Crippen molar-refractivity contribution in [2.24, 2.45) is 5.92 Å². The molecular weight excluding hydrogens is 188 g/mol. The summed E-state index contributed by atoms with van der Waals surface area (Å²) in [6.45, 7) is 4.39. The first kappa shape index (κ1) is 11.8. The quantitative estimate of drug-likeness (QED) is 0.708. The predicted molar refractivity (Wildman–Crippen MR) is 60.7 cm³/mol. The van der Waals surface area contributed by atoms with E-state index in [9.17, 15) is 4.79 Å². The second-order valence-electron chi connectivity index (χ2n) is 4.17. The van der Waals surface area contributed by atoms with Gasteiger partial charge >= 0.3 is 5.97 Å². The van der Waals surface area contributed by atoms with Gasteiger partial charge < -0.3 is 4.74 Å². The van der Waals surface area contributed by atoms with Gasteiger partial charge in [0, 0.05) is 0 Å². The Kier molecular flexibility index (Phi) is 4.35. The maximum absolute atomic E-state index is 11.0. The molecule has 15 heavy (non-hydrogen) atoms. The van der Waals surface area contributed by atoms with Crippen LogP contribution in [0.25, 0.3) is 0 Å². The number of hydrogen-bond acceptors (Lipinski definition) is 2. The van der Waals surface area contributed by atoms with Crippen LogP contribution in [0.1, 0.15) is 25.0 Å². The van der Waals surface area contributed by atoms with Crippen LogP contribution < -0.4 is 0 Å². The SMILES string of the molecule is COC(=O)Cc1ccc(CC(C)C)cc1. The van der Waals surface area contributed by atoms with Crippen molar-refractivity contribution < 1.29 is 9.53 Å². The summed E-state index contributed by atoms with van der Waals surface area (Å²) in [5.41, 5.74) is 2.33. The van der Waals surface area contributed by atoms with Crippen molar-refractivity contribution in [2.45, 2.75) is 26.7 Å². The largest absolute Gasteiger partial charge is 0.469 e. The van der Waals surface area contributed by atoms with Gasteiger partial charge in [-0.2, -0.15) is 0 Å². The van der Waals surface area contributed by atoms with Crippen LogP contribution in [0.2, 0.25) is 0 Å². The molecule has 1 rings (SSSR count). The van der Waals surface area contributed by atoms with Gasteiger partial charge in [-0.15, -0.1) is 0 Å². The Morgan fingerprint density at radius 3 is 2.20 bits per heavy atom. The van der Waals surface area contributed by atoms with E-state index in [2.05, 4.69) is 30.7 Å². The predicted octanol–water partition coefficient (Wildman–Crippen LogP) is 2.60. The highest BCUT2D eigenvalue weighted by Gasteiger charge is 2.03. The van der Waals surface area contributed by atoms with E-state index in [0.717, 1.165) is 12.0 Å². The molecule has 0 aliphatic rings. The molecule has 0 aliphatic heterocycles. The van der Waals surface area contributed by atoms with Gasteiger partial charge in [0.2, 0.25) is 0 Å². The maximum Gasteiger partial charge on any atom is 0.309 e. The molecule has 0 N–H and O–H groups in total. The van der Waals surface area contributed by atoms with Crippen LogP contribution in [-0.2, 0) is 22.4 Å². The number of hydrogen-bond donors (Lipinski definition) is 0. The van der Waals surface area contributed by atoms with Crippen LogP contribution in [0.3, 0.4) is 0 Å². The summed E-state index contributed by atoms with van der Waals surface area (Å²) >= 11 is 0. The fraction of sp³-hybridized carbons (Fsp3) is 0.462. The monoisotopic (exact) mass is 206 g/mol. The van der Waals surface area contributed by atoms with Gasteiger partial charge in [-0.25, -0.2) is 0 Å². The van der Waals surface area contributed by atoms with E-state index in [4.69, 9.17) is 0 Å². The van der Waals surface area contributed by atoms with Gasteiger partial charge in [0.25, 0.3) is 0 Å². The number of carbonyl (C=O) groups excluding carboxylic acids is 1. The number of ether oxygens (including phenoxy) is 1. The summed E-state index contributed by atoms with van der Waals surface area (Å²) in [7, 11) is 1.41. The van der Waals surface area contributed by atoms with E-state index in [-0.39, 0.29) is 5.97 Å². The van der Waals surface area contributed by atoms with Crippen LogP contribution in [0.4, 0.5) is 0 Å². The van der Waals surface area contributed by atoms with Crippen molar-refractivity contribution in [1.82, 2.24) is 0 Å². The molecule has 0 aliphatic carbocycles. The Balaban J connectivity index is 2.60. The van der Waals surface area contributed by atoms with E-state index in [1.165, 1.54) is 12.7 Å². The molecule has 0 saturated heterocycles. The Hall–Kier alpha value is -1.31. The lowest BCUT2D eigenvalue weighted by atomic mass is 10.0. The van der Waals surface area contributed by atoms with Gasteiger partial charge in [-0.1, -0.05) is 38.1 Å². The zero-order chi connectivity index (χ0) is 11.3. The molecular formula is C13H18O2. The number of methoxy groups -OCH3 is 1. The lowest BCUT2D eigenvalue weighted by Crippen LogP contribution is -2.04. The van der Waals surface area contributed by atoms with E-state index in [0.29, 0.717) is 12.3 Å². The van der Waals surface area contributed by atoms with Crippen molar-refractivity contribution in [3.05, 3.63) is 35.4 Å². The van der Waals surface area contributed by atoms with Gasteiger partial charge in [-0.3, -0.25) is 4.79 Å². The second kappa shape index (κ2) is 5.54. The molecule has 1 aromatic rings. The van der Waals surface area contributed by atoms with Crippen LogP contribution >= 0.6 is 0 Å². The van der Waals surface area contributed by atoms with Crippen LogP contribution in [-0.4, -0.2) is 13.1 Å². The summed E-state index contributed by atoms with van der Waals surface area (Å²) in [5.74, 6) is 0.475. The van der Waals surface area contributed by atoms with E-state index in [1.54, 1.807) is 0 Å². The molecule has 0 bridgehead atoms. The molecule has 0 fully saturated rings. The first-order valence-electron chi connectivity index (χ1n) is 5.26. The molecule has 0 saturated carbocycles. The molecule has 0 heterocycles. The highest BCUT2D eigenvalue weighted by Crippen LogP contribution is 2.10. The molecule has 0 aromatic heterocycles. The van der Waals surface area contributed by atoms with Gasteiger partial charge in [0.15, 0.2) is 0 Å². The molecule has 0 spiro atoms. The number of carbonyl (C=O) groups is 1. The third-order valence-corrected chi connectivity index (χ3v) is 2.24. The van der Waals surface area contributed by atoms with Crippen molar-refractivity contribution >= 4 is 5.97 Å². The van der Waals surface area contributed by atoms with Gasteiger partial charge in [0.05, 0.1) is 13.5 Å². The minimum absolute atomic E-state index is 0.188. The summed E-state index contributed by atoms with van der Waals surface area (Å²) in [6, 6.07) is 8.15.